The van der Waals surface area contributed by atoms with Crippen LogP contribution < -0.4 is 0 Å². The number of aryl methyl sites for hydroxylation is 1. The van der Waals surface area contributed by atoms with E-state index in [2.05, 4.69) is 4.98 Å². The number of nitrogens with zero attached hydrogens (tertiary/aromatic N) is 1. The van der Waals surface area contributed by atoms with Crippen LogP contribution in [-0.4, -0.2) is 29.8 Å². The summed E-state index contributed by atoms with van der Waals surface area (Å²) >= 11 is 0. The fourth-order valence-electron chi connectivity index (χ4n) is 1.75. The molecule has 5 heteroatoms. The molecule has 1 aromatic heterocycles. The average molecular weight is 225 g/mol. The average Bonchev–Trinajstić information content (AvgIpc) is 2.84. The van der Waals surface area contributed by atoms with Gasteiger partial charge in [-0.05, 0) is 26.7 Å². The third-order valence-electron chi connectivity index (χ3n) is 2.66. The molecule has 2 rings (SSSR count). The van der Waals surface area contributed by atoms with E-state index in [-0.39, 0.29) is 24.5 Å². The molecule has 88 valence electrons. The standard InChI is InChI=1S/C11H15NO4/c1-7-3-4-9(16-7)5-14-11(13)10-8(2)15-6-12-10/h6-7,9H,3-5H2,1-2H3. The lowest BCUT2D eigenvalue weighted by Gasteiger charge is -2.10. The Kier molecular flexibility index (Phi) is 3.24. The lowest BCUT2D eigenvalue weighted by Crippen LogP contribution is -2.19. The number of oxazole rings is 1. The lowest BCUT2D eigenvalue weighted by molar-refractivity contribution is -0.00305. The zero-order valence-electron chi connectivity index (χ0n) is 9.43. The van der Waals surface area contributed by atoms with E-state index in [1.807, 2.05) is 6.92 Å². The Bertz CT molecular complexity index is 374. The van der Waals surface area contributed by atoms with E-state index in [1.165, 1.54) is 6.39 Å². The van der Waals surface area contributed by atoms with Crippen molar-refractivity contribution in [1.29, 1.82) is 0 Å². The van der Waals surface area contributed by atoms with Crippen molar-refractivity contribution in [2.45, 2.75) is 38.9 Å². The molecule has 0 amide bonds. The first-order valence-electron chi connectivity index (χ1n) is 5.39. The van der Waals surface area contributed by atoms with Crippen LogP contribution in [0, 0.1) is 6.92 Å². The summed E-state index contributed by atoms with van der Waals surface area (Å²) in [5, 5.41) is 0. The van der Waals surface area contributed by atoms with Gasteiger partial charge in [-0.15, -0.1) is 0 Å². The van der Waals surface area contributed by atoms with Gasteiger partial charge >= 0.3 is 5.97 Å². The van der Waals surface area contributed by atoms with Crippen LogP contribution in [0.3, 0.4) is 0 Å². The van der Waals surface area contributed by atoms with Gasteiger partial charge in [0.25, 0.3) is 0 Å². The number of ether oxygens (including phenoxy) is 2. The molecule has 2 atom stereocenters. The second-order valence-electron chi connectivity index (χ2n) is 4.00. The maximum absolute atomic E-state index is 11.6. The van der Waals surface area contributed by atoms with Crippen LogP contribution in [0.1, 0.15) is 36.0 Å². The monoisotopic (exact) mass is 225 g/mol. The van der Waals surface area contributed by atoms with E-state index < -0.39 is 5.97 Å². The molecule has 1 saturated heterocycles. The van der Waals surface area contributed by atoms with E-state index in [1.54, 1.807) is 6.92 Å². The van der Waals surface area contributed by atoms with Crippen LogP contribution in [0.4, 0.5) is 0 Å². The molecule has 0 bridgehead atoms. The third kappa shape index (κ3) is 2.41. The summed E-state index contributed by atoms with van der Waals surface area (Å²) in [5.41, 5.74) is 0.242. The van der Waals surface area contributed by atoms with Crippen molar-refractivity contribution in [2.75, 3.05) is 6.61 Å². The Balaban J connectivity index is 1.82. The summed E-state index contributed by atoms with van der Waals surface area (Å²) < 4.78 is 15.6. The SMILES string of the molecule is Cc1ocnc1C(=O)OCC1CCC(C)O1. The molecule has 1 fully saturated rings. The maximum atomic E-state index is 11.6. The number of aromatic nitrogens is 1. The Hall–Kier alpha value is -1.36. The molecule has 1 aliphatic heterocycles. The van der Waals surface area contributed by atoms with Gasteiger partial charge < -0.3 is 13.9 Å². The molecule has 0 radical (unpaired) electrons. The highest BCUT2D eigenvalue weighted by molar-refractivity contribution is 5.88. The van der Waals surface area contributed by atoms with Crippen LogP contribution >= 0.6 is 0 Å². The first-order valence-corrected chi connectivity index (χ1v) is 5.39. The van der Waals surface area contributed by atoms with Crippen molar-refractivity contribution in [3.05, 3.63) is 17.8 Å². The van der Waals surface area contributed by atoms with Gasteiger partial charge in [0, 0.05) is 0 Å². The van der Waals surface area contributed by atoms with Gasteiger partial charge in [0.2, 0.25) is 0 Å². The highest BCUT2D eigenvalue weighted by Crippen LogP contribution is 2.19. The molecule has 0 aromatic carbocycles. The molecular weight excluding hydrogens is 210 g/mol. The normalized spacial score (nSPS) is 24.6. The number of rotatable bonds is 3. The van der Waals surface area contributed by atoms with Crippen LogP contribution in [0.2, 0.25) is 0 Å². The third-order valence-corrected chi connectivity index (χ3v) is 2.66. The molecular formula is C11H15NO4. The smallest absolute Gasteiger partial charge is 0.360 e. The molecule has 5 nitrogen and oxygen atoms in total. The Morgan fingerprint density at radius 2 is 2.44 bits per heavy atom. The number of esters is 1. The van der Waals surface area contributed by atoms with Crippen LogP contribution in [0.15, 0.2) is 10.8 Å². The maximum Gasteiger partial charge on any atom is 0.360 e. The van der Waals surface area contributed by atoms with Gasteiger partial charge in [0.15, 0.2) is 12.1 Å². The minimum atomic E-state index is -0.450. The molecule has 2 heterocycles. The Morgan fingerprint density at radius 3 is 3.00 bits per heavy atom. The number of hydrogen-bond donors (Lipinski definition) is 0. The van der Waals surface area contributed by atoms with Crippen molar-refractivity contribution in [3.8, 4) is 0 Å². The largest absolute Gasteiger partial charge is 0.458 e. The molecule has 0 saturated carbocycles. The van der Waals surface area contributed by atoms with Crippen molar-refractivity contribution in [2.24, 2.45) is 0 Å². The second kappa shape index (κ2) is 4.65. The topological polar surface area (TPSA) is 61.6 Å². The molecule has 1 aliphatic rings. The fraction of sp³-hybridized carbons (Fsp3) is 0.636. The van der Waals surface area contributed by atoms with Gasteiger partial charge in [-0.25, -0.2) is 9.78 Å². The van der Waals surface area contributed by atoms with Gasteiger partial charge in [-0.2, -0.15) is 0 Å². The Labute approximate surface area is 93.7 Å². The highest BCUT2D eigenvalue weighted by Gasteiger charge is 2.24. The molecule has 16 heavy (non-hydrogen) atoms. The fourth-order valence-corrected chi connectivity index (χ4v) is 1.75. The van der Waals surface area contributed by atoms with E-state index in [0.717, 1.165) is 12.8 Å². The molecule has 2 unspecified atom stereocenters. The minimum absolute atomic E-state index is 0.0196. The number of hydrogen-bond acceptors (Lipinski definition) is 5. The highest BCUT2D eigenvalue weighted by atomic mass is 16.6. The summed E-state index contributed by atoms with van der Waals surface area (Å²) in [6.45, 7) is 3.98. The van der Waals surface area contributed by atoms with Crippen LogP contribution in [0.5, 0.6) is 0 Å². The van der Waals surface area contributed by atoms with Crippen LogP contribution in [-0.2, 0) is 9.47 Å². The predicted octanol–water partition coefficient (Wildman–Crippen LogP) is 1.71. The van der Waals surface area contributed by atoms with E-state index in [4.69, 9.17) is 13.9 Å². The zero-order valence-corrected chi connectivity index (χ0v) is 9.43. The minimum Gasteiger partial charge on any atom is -0.458 e. The summed E-state index contributed by atoms with van der Waals surface area (Å²) in [5.74, 6) is 0.0279. The molecule has 0 N–H and O–H groups in total. The Morgan fingerprint density at radius 1 is 1.62 bits per heavy atom. The van der Waals surface area contributed by atoms with E-state index in [9.17, 15) is 4.79 Å². The molecule has 0 spiro atoms. The van der Waals surface area contributed by atoms with E-state index >= 15 is 0 Å². The van der Waals surface area contributed by atoms with Gasteiger partial charge in [-0.3, -0.25) is 0 Å². The van der Waals surface area contributed by atoms with Crippen molar-refractivity contribution < 1.29 is 18.7 Å². The van der Waals surface area contributed by atoms with Gasteiger partial charge in [0.1, 0.15) is 12.4 Å². The summed E-state index contributed by atoms with van der Waals surface area (Å²) in [7, 11) is 0. The number of carbonyl (C=O) groups is 1. The van der Waals surface area contributed by atoms with Crippen molar-refractivity contribution >= 4 is 5.97 Å². The molecule has 0 aliphatic carbocycles. The second-order valence-corrected chi connectivity index (χ2v) is 4.00. The van der Waals surface area contributed by atoms with Crippen molar-refractivity contribution in [1.82, 2.24) is 4.98 Å². The summed E-state index contributed by atoms with van der Waals surface area (Å²) in [6, 6.07) is 0. The zero-order chi connectivity index (χ0) is 11.5. The summed E-state index contributed by atoms with van der Waals surface area (Å²) in [6.07, 6.45) is 3.47. The van der Waals surface area contributed by atoms with E-state index in [0.29, 0.717) is 5.76 Å². The first kappa shape index (κ1) is 11.1. The summed E-state index contributed by atoms with van der Waals surface area (Å²) in [4.78, 5) is 15.4. The van der Waals surface area contributed by atoms with Crippen LogP contribution in [0.25, 0.3) is 0 Å². The van der Waals surface area contributed by atoms with Gasteiger partial charge in [-0.1, -0.05) is 0 Å². The lowest BCUT2D eigenvalue weighted by atomic mass is 10.2. The van der Waals surface area contributed by atoms with Crippen molar-refractivity contribution in [3.63, 3.8) is 0 Å². The number of carbonyl (C=O) groups excluding carboxylic acids is 1. The van der Waals surface area contributed by atoms with Gasteiger partial charge in [0.05, 0.1) is 12.2 Å². The first-order chi connectivity index (χ1) is 7.66. The molecule has 1 aromatic rings. The predicted molar refractivity (Wildman–Crippen MR) is 55.1 cm³/mol. The quantitative estimate of drug-likeness (QED) is 0.733.